The van der Waals surface area contributed by atoms with Gasteiger partial charge in [-0.1, -0.05) is 5.10 Å². The number of benzene rings is 1. The second-order valence-electron chi connectivity index (χ2n) is 4.36. The summed E-state index contributed by atoms with van der Waals surface area (Å²) in [6.45, 7) is 1.61. The van der Waals surface area contributed by atoms with E-state index in [9.17, 15) is 0 Å². The largest absolute Gasteiger partial charge is 0.493 e. The Hall–Kier alpha value is -2.31. The summed E-state index contributed by atoms with van der Waals surface area (Å²) in [4.78, 5) is 2.08. The quantitative estimate of drug-likeness (QED) is 0.880. The number of anilines is 1. The van der Waals surface area contributed by atoms with Crippen LogP contribution < -0.4 is 14.4 Å². The van der Waals surface area contributed by atoms with Gasteiger partial charge in [-0.15, -0.1) is 5.10 Å². The van der Waals surface area contributed by atoms with Crippen LogP contribution in [0.4, 0.5) is 5.95 Å². The molecule has 0 radical (unpaired) electrons. The highest BCUT2D eigenvalue weighted by atomic mass is 16.5. The molecule has 7 nitrogen and oxygen atoms in total. The summed E-state index contributed by atoms with van der Waals surface area (Å²) < 4.78 is 10.7. The van der Waals surface area contributed by atoms with Gasteiger partial charge in [0.1, 0.15) is 0 Å². The minimum Gasteiger partial charge on any atom is -0.493 e. The lowest BCUT2D eigenvalue weighted by Crippen LogP contribution is -2.31. The third-order valence-electron chi connectivity index (χ3n) is 3.34. The predicted molar refractivity (Wildman–Crippen MR) is 68.5 cm³/mol. The number of methoxy groups -OCH3 is 2. The Balaban J connectivity index is 1.92. The summed E-state index contributed by atoms with van der Waals surface area (Å²) in [6.07, 6.45) is 0.921. The fourth-order valence-electron chi connectivity index (χ4n) is 2.34. The zero-order valence-electron chi connectivity index (χ0n) is 10.9. The van der Waals surface area contributed by atoms with E-state index in [0.29, 0.717) is 5.95 Å². The van der Waals surface area contributed by atoms with Gasteiger partial charge in [-0.2, -0.15) is 5.21 Å². The average Bonchev–Trinajstić information content (AvgIpc) is 2.99. The van der Waals surface area contributed by atoms with E-state index in [2.05, 4.69) is 25.5 Å². The Kier molecular flexibility index (Phi) is 2.94. The van der Waals surface area contributed by atoms with Gasteiger partial charge in [-0.25, -0.2) is 0 Å². The lowest BCUT2D eigenvalue weighted by atomic mass is 9.99. The van der Waals surface area contributed by atoms with E-state index in [1.807, 2.05) is 12.1 Å². The number of hydrogen-bond acceptors (Lipinski definition) is 6. The average molecular weight is 261 g/mol. The van der Waals surface area contributed by atoms with Crippen LogP contribution in [0.5, 0.6) is 11.5 Å². The zero-order valence-corrected chi connectivity index (χ0v) is 10.9. The standard InChI is InChI=1S/C12H15N5O2/c1-18-10-5-8-3-4-17(12-13-15-16-14-12)7-9(8)6-11(10)19-2/h5-6H,3-4,7H2,1-2H3,(H,13,14,15,16). The van der Waals surface area contributed by atoms with Gasteiger partial charge in [0.2, 0.25) is 0 Å². The number of ether oxygens (including phenoxy) is 2. The van der Waals surface area contributed by atoms with Crippen LogP contribution in [-0.4, -0.2) is 41.4 Å². The highest BCUT2D eigenvalue weighted by Gasteiger charge is 2.21. The van der Waals surface area contributed by atoms with Crippen LogP contribution in [0, 0.1) is 0 Å². The second-order valence-corrected chi connectivity index (χ2v) is 4.36. The first-order valence-corrected chi connectivity index (χ1v) is 6.04. The van der Waals surface area contributed by atoms with Crippen LogP contribution in [0.3, 0.4) is 0 Å². The third kappa shape index (κ3) is 2.07. The third-order valence-corrected chi connectivity index (χ3v) is 3.34. The van der Waals surface area contributed by atoms with Crippen molar-refractivity contribution in [3.8, 4) is 11.5 Å². The van der Waals surface area contributed by atoms with Crippen LogP contribution in [0.15, 0.2) is 12.1 Å². The number of aromatic nitrogens is 4. The summed E-state index contributed by atoms with van der Waals surface area (Å²) in [5, 5.41) is 14.1. The smallest absolute Gasteiger partial charge is 0.266 e. The van der Waals surface area contributed by atoms with Gasteiger partial charge in [-0.05, 0) is 34.9 Å². The normalized spacial score (nSPS) is 14.1. The highest BCUT2D eigenvalue weighted by molar-refractivity contribution is 5.50. The van der Waals surface area contributed by atoms with Gasteiger partial charge in [0.25, 0.3) is 5.95 Å². The number of aromatic amines is 1. The Labute approximate surface area is 110 Å². The van der Waals surface area contributed by atoms with Gasteiger partial charge in [-0.3, -0.25) is 0 Å². The van der Waals surface area contributed by atoms with Crippen LogP contribution in [0.2, 0.25) is 0 Å². The van der Waals surface area contributed by atoms with E-state index in [1.165, 1.54) is 11.1 Å². The number of H-pyrrole nitrogens is 1. The molecule has 0 aliphatic carbocycles. The van der Waals surface area contributed by atoms with Crippen molar-refractivity contribution in [3.05, 3.63) is 23.3 Å². The summed E-state index contributed by atoms with van der Waals surface area (Å²) in [5.74, 6) is 2.14. The summed E-state index contributed by atoms with van der Waals surface area (Å²) >= 11 is 0. The highest BCUT2D eigenvalue weighted by Crippen LogP contribution is 2.33. The molecule has 0 saturated carbocycles. The predicted octanol–water partition coefficient (Wildman–Crippen LogP) is 0.780. The molecular formula is C12H15N5O2. The van der Waals surface area contributed by atoms with Crippen molar-refractivity contribution >= 4 is 5.95 Å². The van der Waals surface area contributed by atoms with Crippen LogP contribution in [0.25, 0.3) is 0 Å². The van der Waals surface area contributed by atoms with Gasteiger partial charge < -0.3 is 14.4 Å². The zero-order chi connectivity index (χ0) is 13.2. The summed E-state index contributed by atoms with van der Waals surface area (Å²) in [5.41, 5.74) is 2.48. The van der Waals surface area contributed by atoms with Gasteiger partial charge in [0, 0.05) is 13.1 Å². The first kappa shape index (κ1) is 11.8. The molecule has 1 aliphatic rings. The van der Waals surface area contributed by atoms with Crippen molar-refractivity contribution in [2.45, 2.75) is 13.0 Å². The molecule has 0 bridgehead atoms. The molecule has 2 aromatic rings. The first-order valence-electron chi connectivity index (χ1n) is 6.04. The van der Waals surface area contributed by atoms with Crippen molar-refractivity contribution in [2.75, 3.05) is 25.7 Å². The molecule has 3 rings (SSSR count). The maximum Gasteiger partial charge on any atom is 0.266 e. The van der Waals surface area contributed by atoms with Crippen molar-refractivity contribution in [1.29, 1.82) is 0 Å². The number of tetrazole rings is 1. The Morgan fingerprint density at radius 2 is 1.89 bits per heavy atom. The Morgan fingerprint density at radius 1 is 1.16 bits per heavy atom. The number of hydrogen-bond donors (Lipinski definition) is 1. The lowest BCUT2D eigenvalue weighted by Gasteiger charge is -2.28. The first-order chi connectivity index (χ1) is 9.31. The summed E-state index contributed by atoms with van der Waals surface area (Å²) in [6, 6.07) is 4.06. The van der Waals surface area contributed by atoms with Crippen LogP contribution in [-0.2, 0) is 13.0 Å². The molecule has 19 heavy (non-hydrogen) atoms. The molecule has 0 amide bonds. The van der Waals surface area contributed by atoms with E-state index in [-0.39, 0.29) is 0 Å². The van der Waals surface area contributed by atoms with E-state index in [0.717, 1.165) is 31.0 Å². The molecule has 0 unspecified atom stereocenters. The summed E-state index contributed by atoms with van der Waals surface area (Å²) in [7, 11) is 3.29. The second kappa shape index (κ2) is 4.75. The fraction of sp³-hybridized carbons (Fsp3) is 0.417. The molecule has 100 valence electrons. The maximum atomic E-state index is 5.33. The van der Waals surface area contributed by atoms with Crippen molar-refractivity contribution in [3.63, 3.8) is 0 Å². The number of rotatable bonds is 3. The minimum absolute atomic E-state index is 0.625. The lowest BCUT2D eigenvalue weighted by molar-refractivity contribution is 0.353. The monoisotopic (exact) mass is 261 g/mol. The molecule has 0 spiro atoms. The molecule has 0 fully saturated rings. The molecule has 1 aromatic carbocycles. The number of nitrogens with zero attached hydrogens (tertiary/aromatic N) is 4. The van der Waals surface area contributed by atoms with E-state index in [1.54, 1.807) is 14.2 Å². The molecule has 1 N–H and O–H groups in total. The van der Waals surface area contributed by atoms with Crippen molar-refractivity contribution in [1.82, 2.24) is 20.6 Å². The maximum absolute atomic E-state index is 5.33. The van der Waals surface area contributed by atoms with Crippen LogP contribution >= 0.6 is 0 Å². The fourth-order valence-corrected chi connectivity index (χ4v) is 2.34. The van der Waals surface area contributed by atoms with Crippen molar-refractivity contribution in [2.24, 2.45) is 0 Å². The SMILES string of the molecule is COc1cc2c(cc1OC)CN(c1nn[nH]n1)CC2. The minimum atomic E-state index is 0.625. The van der Waals surface area contributed by atoms with Gasteiger partial charge >= 0.3 is 0 Å². The van der Waals surface area contributed by atoms with E-state index < -0.39 is 0 Å². The number of nitrogens with one attached hydrogen (secondary N) is 1. The molecule has 2 heterocycles. The number of fused-ring (bicyclic) bond motifs is 1. The molecule has 0 saturated heterocycles. The van der Waals surface area contributed by atoms with Gasteiger partial charge in [0.15, 0.2) is 11.5 Å². The Morgan fingerprint density at radius 3 is 2.53 bits per heavy atom. The molecular weight excluding hydrogens is 246 g/mol. The molecule has 1 aromatic heterocycles. The van der Waals surface area contributed by atoms with E-state index >= 15 is 0 Å². The molecule has 1 aliphatic heterocycles. The van der Waals surface area contributed by atoms with Gasteiger partial charge in [0.05, 0.1) is 14.2 Å². The van der Waals surface area contributed by atoms with Crippen molar-refractivity contribution < 1.29 is 9.47 Å². The molecule has 0 atom stereocenters. The topological polar surface area (TPSA) is 76.2 Å². The van der Waals surface area contributed by atoms with Crippen LogP contribution in [0.1, 0.15) is 11.1 Å². The van der Waals surface area contributed by atoms with E-state index in [4.69, 9.17) is 9.47 Å². The molecule has 7 heteroatoms. The Bertz CT molecular complexity index is 570.